The van der Waals surface area contributed by atoms with Crippen LogP contribution in [0, 0.1) is 5.92 Å². The maximum Gasteiger partial charge on any atom is 0.222 e. The third kappa shape index (κ3) is 2.42. The van der Waals surface area contributed by atoms with Crippen molar-refractivity contribution >= 4 is 23.2 Å². The Morgan fingerprint density at radius 3 is 3.11 bits per heavy atom. The predicted octanol–water partition coefficient (Wildman–Crippen LogP) is 3.32. The summed E-state index contributed by atoms with van der Waals surface area (Å²) < 4.78 is 0. The zero-order valence-corrected chi connectivity index (χ0v) is 10.1. The molecule has 4 nitrogen and oxygen atoms in total. The van der Waals surface area contributed by atoms with Crippen molar-refractivity contribution in [1.29, 1.82) is 0 Å². The highest BCUT2D eigenvalue weighted by molar-refractivity contribution is 5.77. The lowest BCUT2D eigenvalue weighted by Gasteiger charge is -2.11. The summed E-state index contributed by atoms with van der Waals surface area (Å²) in [5.74, 6) is 1.24. The second kappa shape index (κ2) is 5.04. The van der Waals surface area contributed by atoms with Crippen LogP contribution in [0.1, 0.15) is 19.3 Å². The molecule has 0 bridgehead atoms. The Labute approximate surface area is 106 Å². The molecule has 1 atom stereocenters. The van der Waals surface area contributed by atoms with Gasteiger partial charge in [-0.2, -0.15) is 5.10 Å². The Kier molecular flexibility index (Phi) is 3.08. The minimum atomic E-state index is 0.548. The van der Waals surface area contributed by atoms with E-state index in [2.05, 4.69) is 32.6 Å². The molecule has 4 heteroatoms. The van der Waals surface area contributed by atoms with E-state index in [1.54, 1.807) is 0 Å². The Bertz CT molecular complexity index is 549. The first-order valence-corrected chi connectivity index (χ1v) is 6.31. The number of nitrogens with one attached hydrogen (secondary N) is 2. The quantitative estimate of drug-likeness (QED) is 0.491. The standard InChI is InChI=1S/C14H16N4/c1-2-6-11(7-3-1)10-15-18-14-16-12-8-4-5-9-13(12)17-14/h1-2,4-5,8-11H,3,6-7H2,(H2,16,17,18). The summed E-state index contributed by atoms with van der Waals surface area (Å²) >= 11 is 0. The van der Waals surface area contributed by atoms with E-state index in [0.717, 1.165) is 23.9 Å². The average molecular weight is 240 g/mol. The van der Waals surface area contributed by atoms with Crippen molar-refractivity contribution in [1.82, 2.24) is 9.97 Å². The van der Waals surface area contributed by atoms with Gasteiger partial charge in [-0.15, -0.1) is 0 Å². The van der Waals surface area contributed by atoms with E-state index in [1.807, 2.05) is 30.5 Å². The maximum atomic E-state index is 4.40. The van der Waals surface area contributed by atoms with E-state index in [-0.39, 0.29) is 0 Å². The molecular formula is C14H16N4. The Morgan fingerprint density at radius 2 is 2.28 bits per heavy atom. The van der Waals surface area contributed by atoms with Crippen LogP contribution >= 0.6 is 0 Å². The Hall–Kier alpha value is -2.10. The number of hydrogen-bond acceptors (Lipinski definition) is 3. The normalized spacial score (nSPS) is 19.7. The molecule has 0 amide bonds. The van der Waals surface area contributed by atoms with Gasteiger partial charge in [-0.05, 0) is 37.3 Å². The lowest BCUT2D eigenvalue weighted by molar-refractivity contribution is 0.627. The smallest absolute Gasteiger partial charge is 0.222 e. The minimum Gasteiger partial charge on any atom is -0.323 e. The second-order valence-corrected chi connectivity index (χ2v) is 4.54. The molecule has 3 rings (SSSR count). The summed E-state index contributed by atoms with van der Waals surface area (Å²) in [6, 6.07) is 7.95. The van der Waals surface area contributed by atoms with Gasteiger partial charge in [-0.3, -0.25) is 0 Å². The van der Waals surface area contributed by atoms with Gasteiger partial charge in [0.2, 0.25) is 5.95 Å². The fourth-order valence-electron chi connectivity index (χ4n) is 2.16. The minimum absolute atomic E-state index is 0.548. The molecule has 18 heavy (non-hydrogen) atoms. The fourth-order valence-corrected chi connectivity index (χ4v) is 2.16. The van der Waals surface area contributed by atoms with Crippen molar-refractivity contribution in [2.75, 3.05) is 5.43 Å². The molecule has 92 valence electrons. The van der Waals surface area contributed by atoms with Crippen LogP contribution in [0.5, 0.6) is 0 Å². The number of nitrogens with zero attached hydrogens (tertiary/aromatic N) is 2. The van der Waals surface area contributed by atoms with Gasteiger partial charge in [-0.25, -0.2) is 10.4 Å². The largest absolute Gasteiger partial charge is 0.323 e. The number of hydrazone groups is 1. The predicted molar refractivity (Wildman–Crippen MR) is 74.7 cm³/mol. The first kappa shape index (κ1) is 11.0. The maximum absolute atomic E-state index is 4.40. The van der Waals surface area contributed by atoms with E-state index in [9.17, 15) is 0 Å². The van der Waals surface area contributed by atoms with E-state index < -0.39 is 0 Å². The molecular weight excluding hydrogens is 224 g/mol. The van der Waals surface area contributed by atoms with Gasteiger partial charge >= 0.3 is 0 Å². The third-order valence-electron chi connectivity index (χ3n) is 3.15. The number of aromatic nitrogens is 2. The zero-order chi connectivity index (χ0) is 12.2. The molecule has 1 aliphatic rings. The van der Waals surface area contributed by atoms with Crippen LogP contribution in [0.25, 0.3) is 11.0 Å². The number of benzene rings is 1. The summed E-state index contributed by atoms with van der Waals surface area (Å²) in [5, 5.41) is 4.26. The molecule has 0 radical (unpaired) electrons. The first-order valence-electron chi connectivity index (χ1n) is 6.31. The van der Waals surface area contributed by atoms with Crippen LogP contribution in [0.15, 0.2) is 41.5 Å². The van der Waals surface area contributed by atoms with E-state index in [4.69, 9.17) is 0 Å². The van der Waals surface area contributed by atoms with Gasteiger partial charge in [-0.1, -0.05) is 24.3 Å². The van der Waals surface area contributed by atoms with Crippen LogP contribution in [-0.2, 0) is 0 Å². The topological polar surface area (TPSA) is 53.1 Å². The molecule has 1 aromatic carbocycles. The molecule has 1 unspecified atom stereocenters. The SMILES string of the molecule is C1=CCC(C=NNc2nc3ccccc3[nH]2)CC1. The summed E-state index contributed by atoms with van der Waals surface area (Å²) in [7, 11) is 0. The van der Waals surface area contributed by atoms with Gasteiger partial charge in [0.1, 0.15) is 0 Å². The van der Waals surface area contributed by atoms with Gasteiger partial charge in [0.05, 0.1) is 11.0 Å². The zero-order valence-electron chi connectivity index (χ0n) is 10.1. The molecule has 0 saturated carbocycles. The fraction of sp³-hybridized carbons (Fsp3) is 0.286. The third-order valence-corrected chi connectivity index (χ3v) is 3.15. The van der Waals surface area contributed by atoms with Crippen molar-refractivity contribution in [2.24, 2.45) is 11.0 Å². The van der Waals surface area contributed by atoms with Crippen molar-refractivity contribution in [3.63, 3.8) is 0 Å². The van der Waals surface area contributed by atoms with Gasteiger partial charge in [0, 0.05) is 6.21 Å². The van der Waals surface area contributed by atoms with Crippen molar-refractivity contribution in [3.05, 3.63) is 36.4 Å². The molecule has 2 N–H and O–H groups in total. The molecule has 0 fully saturated rings. The summed E-state index contributed by atoms with van der Waals surface area (Å²) in [6.07, 6.45) is 9.86. The first-order chi connectivity index (χ1) is 8.92. The Balaban J connectivity index is 1.65. The van der Waals surface area contributed by atoms with Crippen molar-refractivity contribution in [2.45, 2.75) is 19.3 Å². The van der Waals surface area contributed by atoms with Gasteiger partial charge in [0.15, 0.2) is 0 Å². The molecule has 0 spiro atoms. The van der Waals surface area contributed by atoms with E-state index in [0.29, 0.717) is 11.9 Å². The average Bonchev–Trinajstić information content (AvgIpc) is 2.82. The number of hydrogen-bond donors (Lipinski definition) is 2. The summed E-state index contributed by atoms with van der Waals surface area (Å²) in [6.45, 7) is 0. The van der Waals surface area contributed by atoms with E-state index >= 15 is 0 Å². The molecule has 1 heterocycles. The molecule has 1 aliphatic carbocycles. The van der Waals surface area contributed by atoms with Crippen molar-refractivity contribution in [3.8, 4) is 0 Å². The number of anilines is 1. The Morgan fingerprint density at radius 1 is 1.33 bits per heavy atom. The number of para-hydroxylation sites is 2. The number of H-pyrrole nitrogens is 1. The van der Waals surface area contributed by atoms with Crippen LogP contribution in [0.2, 0.25) is 0 Å². The molecule has 0 saturated heterocycles. The number of allylic oxidation sites excluding steroid dienone is 2. The summed E-state index contributed by atoms with van der Waals surface area (Å²) in [5.41, 5.74) is 4.94. The number of aromatic amines is 1. The van der Waals surface area contributed by atoms with Crippen LogP contribution in [0.4, 0.5) is 5.95 Å². The van der Waals surface area contributed by atoms with Gasteiger partial charge < -0.3 is 4.98 Å². The number of fused-ring (bicyclic) bond motifs is 1. The van der Waals surface area contributed by atoms with Crippen LogP contribution in [-0.4, -0.2) is 16.2 Å². The van der Waals surface area contributed by atoms with Gasteiger partial charge in [0.25, 0.3) is 0 Å². The number of rotatable bonds is 3. The summed E-state index contributed by atoms with van der Waals surface area (Å²) in [4.78, 5) is 7.58. The van der Waals surface area contributed by atoms with E-state index in [1.165, 1.54) is 6.42 Å². The molecule has 0 aliphatic heterocycles. The molecule has 1 aromatic heterocycles. The monoisotopic (exact) mass is 240 g/mol. The lowest BCUT2D eigenvalue weighted by atomic mass is 9.96. The highest BCUT2D eigenvalue weighted by Crippen LogP contribution is 2.16. The lowest BCUT2D eigenvalue weighted by Crippen LogP contribution is -2.05. The van der Waals surface area contributed by atoms with Crippen molar-refractivity contribution < 1.29 is 0 Å². The van der Waals surface area contributed by atoms with Crippen LogP contribution in [0.3, 0.4) is 0 Å². The van der Waals surface area contributed by atoms with Crippen LogP contribution < -0.4 is 5.43 Å². The molecule has 2 aromatic rings. The number of imidazole rings is 1. The highest BCUT2D eigenvalue weighted by atomic mass is 15.3. The second-order valence-electron chi connectivity index (χ2n) is 4.54. The highest BCUT2D eigenvalue weighted by Gasteiger charge is 2.06.